The highest BCUT2D eigenvalue weighted by molar-refractivity contribution is 5.97. The van der Waals surface area contributed by atoms with E-state index < -0.39 is 0 Å². The van der Waals surface area contributed by atoms with E-state index in [2.05, 4.69) is 10.5 Å². The molecule has 0 saturated heterocycles. The molecule has 0 aliphatic heterocycles. The van der Waals surface area contributed by atoms with E-state index in [9.17, 15) is 0 Å². The van der Waals surface area contributed by atoms with Gasteiger partial charge in [0.15, 0.2) is 5.84 Å². The van der Waals surface area contributed by atoms with E-state index in [4.69, 9.17) is 15.7 Å². The third-order valence-corrected chi connectivity index (χ3v) is 2.05. The van der Waals surface area contributed by atoms with Crippen LogP contribution >= 0.6 is 0 Å². The van der Waals surface area contributed by atoms with Gasteiger partial charge in [-0.1, -0.05) is 5.16 Å². The Morgan fingerprint density at radius 1 is 1.60 bits per heavy atom. The smallest absolute Gasteiger partial charge is 0.170 e. The first-order valence-corrected chi connectivity index (χ1v) is 4.52. The Bertz CT molecular complexity index is 364. The number of oxime groups is 1. The molecule has 0 aromatic heterocycles. The predicted octanol–water partition coefficient (Wildman–Crippen LogP) is 0.509. The van der Waals surface area contributed by atoms with Crippen LogP contribution in [0.15, 0.2) is 23.4 Å². The summed E-state index contributed by atoms with van der Waals surface area (Å²) in [4.78, 5) is 0. The third-order valence-electron chi connectivity index (χ3n) is 2.05. The SMILES string of the molecule is CNCc1cc(/C(N)=N/O)ccc1OC. The zero-order chi connectivity index (χ0) is 11.3. The molecule has 0 atom stereocenters. The molecule has 5 heteroatoms. The topological polar surface area (TPSA) is 79.9 Å². The number of rotatable bonds is 4. The summed E-state index contributed by atoms with van der Waals surface area (Å²) in [5.41, 5.74) is 7.12. The van der Waals surface area contributed by atoms with Gasteiger partial charge >= 0.3 is 0 Å². The van der Waals surface area contributed by atoms with Crippen molar-refractivity contribution < 1.29 is 9.94 Å². The van der Waals surface area contributed by atoms with Crippen LogP contribution in [0, 0.1) is 0 Å². The molecule has 0 spiro atoms. The molecule has 0 aliphatic rings. The predicted molar refractivity (Wildman–Crippen MR) is 58.3 cm³/mol. The van der Waals surface area contributed by atoms with E-state index in [1.165, 1.54) is 0 Å². The first-order valence-electron chi connectivity index (χ1n) is 4.52. The van der Waals surface area contributed by atoms with E-state index in [1.807, 2.05) is 13.1 Å². The molecule has 0 heterocycles. The molecule has 82 valence electrons. The van der Waals surface area contributed by atoms with Gasteiger partial charge in [-0.25, -0.2) is 0 Å². The molecule has 0 amide bonds. The maximum Gasteiger partial charge on any atom is 0.170 e. The molecule has 4 N–H and O–H groups in total. The second kappa shape index (κ2) is 5.21. The highest BCUT2D eigenvalue weighted by Crippen LogP contribution is 2.19. The summed E-state index contributed by atoms with van der Waals surface area (Å²) in [5.74, 6) is 0.869. The van der Waals surface area contributed by atoms with Crippen LogP contribution in [0.1, 0.15) is 11.1 Å². The molecule has 0 bridgehead atoms. The lowest BCUT2D eigenvalue weighted by molar-refractivity contribution is 0.318. The van der Waals surface area contributed by atoms with E-state index in [1.54, 1.807) is 19.2 Å². The Kier molecular flexibility index (Phi) is 3.93. The first-order chi connectivity index (χ1) is 7.22. The quantitative estimate of drug-likeness (QED) is 0.292. The van der Waals surface area contributed by atoms with Gasteiger partial charge in [0.05, 0.1) is 7.11 Å². The average molecular weight is 209 g/mol. The summed E-state index contributed by atoms with van der Waals surface area (Å²) < 4.78 is 5.18. The van der Waals surface area contributed by atoms with E-state index in [0.717, 1.165) is 11.3 Å². The lowest BCUT2D eigenvalue weighted by Crippen LogP contribution is -2.14. The fourth-order valence-corrected chi connectivity index (χ4v) is 1.32. The lowest BCUT2D eigenvalue weighted by atomic mass is 10.1. The van der Waals surface area contributed by atoms with Crippen molar-refractivity contribution in [3.05, 3.63) is 29.3 Å². The van der Waals surface area contributed by atoms with Gasteiger partial charge in [0.25, 0.3) is 0 Å². The molecule has 5 nitrogen and oxygen atoms in total. The van der Waals surface area contributed by atoms with Crippen molar-refractivity contribution in [2.45, 2.75) is 6.54 Å². The molecule has 0 aliphatic carbocycles. The van der Waals surface area contributed by atoms with Crippen molar-refractivity contribution in [1.82, 2.24) is 5.32 Å². The summed E-state index contributed by atoms with van der Waals surface area (Å²) in [6, 6.07) is 5.36. The minimum absolute atomic E-state index is 0.0926. The third kappa shape index (κ3) is 2.60. The monoisotopic (exact) mass is 209 g/mol. The zero-order valence-electron chi connectivity index (χ0n) is 8.82. The minimum Gasteiger partial charge on any atom is -0.496 e. The molecule has 1 aromatic rings. The minimum atomic E-state index is 0.0926. The summed E-state index contributed by atoms with van der Waals surface area (Å²) in [7, 11) is 3.45. The van der Waals surface area contributed by atoms with Crippen molar-refractivity contribution in [3.63, 3.8) is 0 Å². The number of amidine groups is 1. The van der Waals surface area contributed by atoms with Crippen LogP contribution in [-0.4, -0.2) is 25.2 Å². The van der Waals surface area contributed by atoms with Crippen molar-refractivity contribution in [2.24, 2.45) is 10.9 Å². The molecule has 0 radical (unpaired) electrons. The number of methoxy groups -OCH3 is 1. The highest BCUT2D eigenvalue weighted by Gasteiger charge is 2.06. The normalized spacial score (nSPS) is 11.5. The van der Waals surface area contributed by atoms with E-state index in [0.29, 0.717) is 12.1 Å². The van der Waals surface area contributed by atoms with Crippen LogP contribution in [0.25, 0.3) is 0 Å². The van der Waals surface area contributed by atoms with Crippen molar-refractivity contribution in [3.8, 4) is 5.75 Å². The Morgan fingerprint density at radius 3 is 2.87 bits per heavy atom. The number of nitrogens with two attached hydrogens (primary N) is 1. The molecular formula is C10H15N3O2. The fraction of sp³-hybridized carbons (Fsp3) is 0.300. The van der Waals surface area contributed by atoms with E-state index in [-0.39, 0.29) is 5.84 Å². The van der Waals surface area contributed by atoms with Crippen LogP contribution in [-0.2, 0) is 6.54 Å². The summed E-state index contributed by atoms with van der Waals surface area (Å²) in [6.07, 6.45) is 0. The maximum absolute atomic E-state index is 8.55. The fourth-order valence-electron chi connectivity index (χ4n) is 1.32. The number of benzene rings is 1. The highest BCUT2D eigenvalue weighted by atomic mass is 16.5. The van der Waals surface area contributed by atoms with Crippen LogP contribution in [0.2, 0.25) is 0 Å². The lowest BCUT2D eigenvalue weighted by Gasteiger charge is -2.09. The molecule has 15 heavy (non-hydrogen) atoms. The van der Waals surface area contributed by atoms with Gasteiger partial charge in [-0.15, -0.1) is 0 Å². The maximum atomic E-state index is 8.55. The van der Waals surface area contributed by atoms with Gasteiger partial charge in [-0.3, -0.25) is 0 Å². The van der Waals surface area contributed by atoms with Crippen LogP contribution in [0.4, 0.5) is 0 Å². The van der Waals surface area contributed by atoms with Crippen LogP contribution in [0.3, 0.4) is 0 Å². The van der Waals surface area contributed by atoms with Gasteiger partial charge < -0.3 is 21.0 Å². The van der Waals surface area contributed by atoms with Crippen LogP contribution in [0.5, 0.6) is 5.75 Å². The van der Waals surface area contributed by atoms with Gasteiger partial charge in [0.1, 0.15) is 5.75 Å². The van der Waals surface area contributed by atoms with Gasteiger partial charge in [-0.05, 0) is 25.2 Å². The van der Waals surface area contributed by atoms with Crippen LogP contribution < -0.4 is 15.8 Å². The summed E-state index contributed by atoms with van der Waals surface area (Å²) in [6.45, 7) is 0.662. The summed E-state index contributed by atoms with van der Waals surface area (Å²) >= 11 is 0. The van der Waals surface area contributed by atoms with Crippen molar-refractivity contribution in [1.29, 1.82) is 0 Å². The standard InChI is InChI=1S/C10H15N3O2/c1-12-6-8-5-7(10(11)13-14)3-4-9(8)15-2/h3-5,12,14H,6H2,1-2H3,(H2,11,13). The first kappa shape index (κ1) is 11.3. The molecule has 1 aromatic carbocycles. The Hall–Kier alpha value is -1.75. The second-order valence-corrected chi connectivity index (χ2v) is 3.04. The zero-order valence-corrected chi connectivity index (χ0v) is 8.82. The number of hydrogen-bond acceptors (Lipinski definition) is 4. The van der Waals surface area contributed by atoms with E-state index >= 15 is 0 Å². The average Bonchev–Trinajstić information content (AvgIpc) is 2.28. The van der Waals surface area contributed by atoms with Gasteiger partial charge in [0.2, 0.25) is 0 Å². The Labute approximate surface area is 88.5 Å². The van der Waals surface area contributed by atoms with Gasteiger partial charge in [-0.2, -0.15) is 0 Å². The molecular weight excluding hydrogens is 194 g/mol. The van der Waals surface area contributed by atoms with Gasteiger partial charge in [0, 0.05) is 17.7 Å². The molecule has 1 rings (SSSR count). The molecule has 0 saturated carbocycles. The van der Waals surface area contributed by atoms with Crippen molar-refractivity contribution in [2.75, 3.05) is 14.2 Å². The largest absolute Gasteiger partial charge is 0.496 e. The second-order valence-electron chi connectivity index (χ2n) is 3.04. The Morgan fingerprint density at radius 2 is 2.33 bits per heavy atom. The molecule has 0 unspecified atom stereocenters. The van der Waals surface area contributed by atoms with Crippen molar-refractivity contribution >= 4 is 5.84 Å². The number of hydrogen-bond donors (Lipinski definition) is 3. The number of nitrogens with zero attached hydrogens (tertiary/aromatic N) is 1. The molecule has 0 fully saturated rings. The summed E-state index contributed by atoms with van der Waals surface area (Å²) in [5, 5.41) is 14.5. The number of ether oxygens (including phenoxy) is 1. The number of nitrogens with one attached hydrogen (secondary N) is 1. The Balaban J connectivity index is 3.09.